The fraction of sp³-hybridized carbons (Fsp3) is 0.316. The minimum atomic E-state index is -3.92. The minimum absolute atomic E-state index is 0.0986. The van der Waals surface area contributed by atoms with Crippen LogP contribution in [0.15, 0.2) is 64.6 Å². The summed E-state index contributed by atoms with van der Waals surface area (Å²) in [5.74, 6) is -3.60. The molecule has 32 heavy (non-hydrogen) atoms. The number of alkyl halides is 2. The lowest BCUT2D eigenvalue weighted by Gasteiger charge is -2.32. The van der Waals surface area contributed by atoms with E-state index in [1.807, 2.05) is 0 Å². The van der Waals surface area contributed by atoms with Crippen molar-refractivity contribution in [3.05, 3.63) is 75.8 Å². The van der Waals surface area contributed by atoms with Crippen molar-refractivity contribution < 1.29 is 36.7 Å². The highest BCUT2D eigenvalue weighted by Crippen LogP contribution is 2.39. The van der Waals surface area contributed by atoms with Gasteiger partial charge in [-0.25, -0.2) is 22.3 Å². The second-order valence-corrected chi connectivity index (χ2v) is 8.56. The second-order valence-electron chi connectivity index (χ2n) is 7.00. The molecule has 1 aliphatic rings. The SMILES string of the molecule is NS(=O)(=O)c1ccc(C2(c3ccccc3)C=NOC2COCC(F)(F)CO[N+](=O)[O-])cc1. The van der Waals surface area contributed by atoms with Gasteiger partial charge in [0.25, 0.3) is 11.0 Å². The molecule has 0 bridgehead atoms. The molecule has 0 aromatic heterocycles. The number of sulfonamides is 1. The van der Waals surface area contributed by atoms with Gasteiger partial charge in [0, 0.05) is 0 Å². The number of hydrogen-bond donors (Lipinski definition) is 1. The second kappa shape index (κ2) is 9.14. The molecule has 172 valence electrons. The average molecular weight is 471 g/mol. The molecule has 3 rings (SSSR count). The van der Waals surface area contributed by atoms with Gasteiger partial charge in [0.1, 0.15) is 12.0 Å². The van der Waals surface area contributed by atoms with Crippen molar-refractivity contribution in [3.8, 4) is 0 Å². The number of halogens is 2. The van der Waals surface area contributed by atoms with Crippen molar-refractivity contribution in [2.75, 3.05) is 19.8 Å². The lowest BCUT2D eigenvalue weighted by molar-refractivity contribution is -0.761. The van der Waals surface area contributed by atoms with Crippen molar-refractivity contribution in [3.63, 3.8) is 0 Å². The van der Waals surface area contributed by atoms with Crippen LogP contribution in [0.4, 0.5) is 8.78 Å². The van der Waals surface area contributed by atoms with Crippen LogP contribution in [0, 0.1) is 10.1 Å². The van der Waals surface area contributed by atoms with Gasteiger partial charge < -0.3 is 14.4 Å². The number of benzene rings is 2. The van der Waals surface area contributed by atoms with E-state index in [-0.39, 0.29) is 11.5 Å². The number of oxime groups is 1. The molecule has 0 saturated heterocycles. The summed E-state index contributed by atoms with van der Waals surface area (Å²) in [4.78, 5) is 19.2. The maximum absolute atomic E-state index is 13.8. The largest absolute Gasteiger partial charge is 0.389 e. The van der Waals surface area contributed by atoms with Crippen LogP contribution < -0.4 is 5.14 Å². The summed E-state index contributed by atoms with van der Waals surface area (Å²) in [6.45, 7) is -2.93. The number of hydrogen-bond acceptors (Lipinski definition) is 8. The van der Waals surface area contributed by atoms with Crippen LogP contribution in [0.2, 0.25) is 0 Å². The van der Waals surface area contributed by atoms with E-state index >= 15 is 0 Å². The fourth-order valence-electron chi connectivity index (χ4n) is 3.34. The highest BCUT2D eigenvalue weighted by atomic mass is 32.2. The Morgan fingerprint density at radius 3 is 2.34 bits per heavy atom. The number of rotatable bonds is 10. The van der Waals surface area contributed by atoms with E-state index in [9.17, 15) is 27.3 Å². The summed E-state index contributed by atoms with van der Waals surface area (Å²) in [6.07, 6.45) is 0.591. The fourth-order valence-corrected chi connectivity index (χ4v) is 3.86. The zero-order chi connectivity index (χ0) is 23.4. The van der Waals surface area contributed by atoms with Gasteiger partial charge in [-0.1, -0.05) is 47.6 Å². The third-order valence-corrected chi connectivity index (χ3v) is 5.76. The standard InChI is InChI=1S/C19H19F2N3O7S/c20-18(21,13-30-24(25)26)12-29-10-17-19(11-23-31-17,14-4-2-1-3-5-14)15-6-8-16(9-7-15)32(22,27)28/h1-9,11,17H,10,12-13H2,(H2,22,27,28). The smallest absolute Gasteiger partial charge is 0.294 e. The summed E-state index contributed by atoms with van der Waals surface area (Å²) < 4.78 is 55.8. The molecule has 0 fully saturated rings. The summed E-state index contributed by atoms with van der Waals surface area (Å²) in [6, 6.07) is 14.6. The predicted octanol–water partition coefficient (Wildman–Crippen LogP) is 1.86. The first-order valence-corrected chi connectivity index (χ1v) is 10.7. The third kappa shape index (κ3) is 5.18. The van der Waals surface area contributed by atoms with Crippen molar-refractivity contribution in [2.24, 2.45) is 10.3 Å². The van der Waals surface area contributed by atoms with E-state index in [0.717, 1.165) is 0 Å². The molecule has 0 spiro atoms. The first-order chi connectivity index (χ1) is 15.0. The Bertz CT molecular complexity index is 1080. The van der Waals surface area contributed by atoms with Gasteiger partial charge >= 0.3 is 0 Å². The van der Waals surface area contributed by atoms with Crippen LogP contribution in [0.5, 0.6) is 0 Å². The molecule has 13 heteroatoms. The quantitative estimate of drug-likeness (QED) is 0.411. The molecule has 0 radical (unpaired) electrons. The molecular formula is C19H19F2N3O7S. The Balaban J connectivity index is 1.87. The Morgan fingerprint density at radius 1 is 1.12 bits per heavy atom. The molecule has 2 atom stereocenters. The predicted molar refractivity (Wildman–Crippen MR) is 107 cm³/mol. The van der Waals surface area contributed by atoms with Gasteiger partial charge in [-0.3, -0.25) is 0 Å². The van der Waals surface area contributed by atoms with E-state index in [1.54, 1.807) is 30.3 Å². The molecule has 0 amide bonds. The topological polar surface area (TPSA) is 143 Å². The number of nitrogens with two attached hydrogens (primary N) is 1. The van der Waals surface area contributed by atoms with Gasteiger partial charge in [-0.2, -0.15) is 0 Å². The number of primary sulfonamides is 1. The Kier molecular flexibility index (Phi) is 6.71. The van der Waals surface area contributed by atoms with Crippen LogP contribution in [-0.2, 0) is 29.9 Å². The highest BCUT2D eigenvalue weighted by molar-refractivity contribution is 7.89. The van der Waals surface area contributed by atoms with Crippen LogP contribution in [-0.4, -0.2) is 51.6 Å². The number of nitrogens with zero attached hydrogens (tertiary/aromatic N) is 2. The van der Waals surface area contributed by atoms with Gasteiger partial charge in [0.05, 0.1) is 17.7 Å². The molecule has 1 heterocycles. The van der Waals surface area contributed by atoms with Crippen molar-refractivity contribution in [1.82, 2.24) is 0 Å². The summed E-state index contributed by atoms with van der Waals surface area (Å²) in [7, 11) is -3.92. The van der Waals surface area contributed by atoms with E-state index in [1.165, 1.54) is 30.5 Å². The van der Waals surface area contributed by atoms with Gasteiger partial charge in [0.2, 0.25) is 10.0 Å². The van der Waals surface area contributed by atoms with E-state index in [4.69, 9.17) is 14.7 Å². The molecular weight excluding hydrogens is 452 g/mol. The zero-order valence-corrected chi connectivity index (χ0v) is 17.3. The molecule has 0 saturated carbocycles. The summed E-state index contributed by atoms with van der Waals surface area (Å²) in [5, 5.41) is 17.9. The Labute approximate surface area is 181 Å². The maximum atomic E-state index is 13.8. The van der Waals surface area contributed by atoms with E-state index < -0.39 is 45.8 Å². The van der Waals surface area contributed by atoms with Crippen molar-refractivity contribution in [1.29, 1.82) is 0 Å². The Hall–Kier alpha value is -3.16. The molecule has 0 aliphatic carbocycles. The molecule has 2 aromatic carbocycles. The minimum Gasteiger partial charge on any atom is -0.389 e. The first-order valence-electron chi connectivity index (χ1n) is 9.17. The van der Waals surface area contributed by atoms with E-state index in [0.29, 0.717) is 11.1 Å². The van der Waals surface area contributed by atoms with Gasteiger partial charge in [-0.05, 0) is 23.3 Å². The Morgan fingerprint density at radius 2 is 1.75 bits per heavy atom. The highest BCUT2D eigenvalue weighted by Gasteiger charge is 2.47. The van der Waals surface area contributed by atoms with Crippen LogP contribution in [0.3, 0.4) is 0 Å². The van der Waals surface area contributed by atoms with Crippen molar-refractivity contribution >= 4 is 16.2 Å². The summed E-state index contributed by atoms with van der Waals surface area (Å²) >= 11 is 0. The van der Waals surface area contributed by atoms with Crippen LogP contribution in [0.25, 0.3) is 0 Å². The lowest BCUT2D eigenvalue weighted by Crippen LogP contribution is -2.43. The molecule has 2 unspecified atom stereocenters. The van der Waals surface area contributed by atoms with Crippen LogP contribution >= 0.6 is 0 Å². The molecule has 2 aromatic rings. The third-order valence-electron chi connectivity index (χ3n) is 4.83. The monoisotopic (exact) mass is 471 g/mol. The maximum Gasteiger partial charge on any atom is 0.294 e. The normalized spacial score (nSPS) is 20.7. The lowest BCUT2D eigenvalue weighted by atomic mass is 9.71. The van der Waals surface area contributed by atoms with E-state index in [2.05, 4.69) is 9.99 Å². The molecule has 2 N–H and O–H groups in total. The average Bonchev–Trinajstić information content (AvgIpc) is 3.17. The zero-order valence-electron chi connectivity index (χ0n) is 16.5. The van der Waals surface area contributed by atoms with Gasteiger partial charge in [0.15, 0.2) is 12.7 Å². The van der Waals surface area contributed by atoms with Crippen molar-refractivity contribution in [2.45, 2.75) is 22.3 Å². The first kappa shape index (κ1) is 23.5. The van der Waals surface area contributed by atoms with Gasteiger partial charge in [-0.15, -0.1) is 10.1 Å². The molecule has 10 nitrogen and oxygen atoms in total. The van der Waals surface area contributed by atoms with Crippen LogP contribution in [0.1, 0.15) is 11.1 Å². The molecule has 1 aliphatic heterocycles. The summed E-state index contributed by atoms with van der Waals surface area (Å²) in [5.41, 5.74) is 0.182. The number of ether oxygens (including phenoxy) is 1.